The number of nitriles is 1. The molecule has 0 N–H and O–H groups in total. The zero-order valence-corrected chi connectivity index (χ0v) is 20.9. The molecule has 0 saturated carbocycles. The Kier molecular flexibility index (Phi) is 6.81. The first kappa shape index (κ1) is 23.7. The van der Waals surface area contributed by atoms with Crippen LogP contribution in [0.25, 0.3) is 11.8 Å². The van der Waals surface area contributed by atoms with Crippen LogP contribution in [0, 0.1) is 39.0 Å². The Morgan fingerprint density at radius 1 is 1.00 bits per heavy atom. The van der Waals surface area contributed by atoms with Crippen LogP contribution < -0.4 is 4.90 Å². The summed E-state index contributed by atoms with van der Waals surface area (Å²) < 4.78 is 2.16. The number of piperazine rings is 1. The fourth-order valence-electron chi connectivity index (χ4n) is 4.64. The van der Waals surface area contributed by atoms with E-state index in [2.05, 4.69) is 47.6 Å². The van der Waals surface area contributed by atoms with E-state index in [-0.39, 0.29) is 11.5 Å². The standard InChI is InChI=1S/C28H29ClN4O/c1-19-6-5-7-26(14-19)33-21(3)15-23(22(33)4)16-24(18-30)28(34)32-12-10-31(11-13-32)27-17-25(29)9-8-20(27)2/h5-9,14-17H,10-13H2,1-4H3/b24-16+. The molecule has 0 aliphatic carbocycles. The zero-order valence-electron chi connectivity index (χ0n) is 20.1. The van der Waals surface area contributed by atoms with E-state index >= 15 is 0 Å². The molecule has 4 rings (SSSR count). The molecule has 0 atom stereocenters. The molecule has 3 aromatic rings. The fourth-order valence-corrected chi connectivity index (χ4v) is 4.81. The Hall–Kier alpha value is -3.49. The van der Waals surface area contributed by atoms with Crippen molar-refractivity contribution in [2.24, 2.45) is 0 Å². The van der Waals surface area contributed by atoms with Crippen LogP contribution in [0.1, 0.15) is 28.1 Å². The SMILES string of the molecule is Cc1cccc(-n2c(C)cc(/C=C(\C#N)C(=O)N3CCN(c4cc(Cl)ccc4C)CC3)c2C)c1. The van der Waals surface area contributed by atoms with Crippen LogP contribution in [0.5, 0.6) is 0 Å². The second-order valence-electron chi connectivity index (χ2n) is 8.88. The normalized spacial score (nSPS) is 14.3. The zero-order chi connectivity index (χ0) is 24.4. The third-order valence-corrected chi connectivity index (χ3v) is 6.69. The third-order valence-electron chi connectivity index (χ3n) is 6.46. The lowest BCUT2D eigenvalue weighted by Gasteiger charge is -2.36. The van der Waals surface area contributed by atoms with Crippen LogP contribution in [-0.4, -0.2) is 41.6 Å². The van der Waals surface area contributed by atoms with Gasteiger partial charge >= 0.3 is 0 Å². The average Bonchev–Trinajstić information content (AvgIpc) is 3.11. The Morgan fingerprint density at radius 2 is 1.74 bits per heavy atom. The van der Waals surface area contributed by atoms with Gasteiger partial charge in [-0.1, -0.05) is 29.8 Å². The predicted octanol–water partition coefficient (Wildman–Crippen LogP) is 5.62. The van der Waals surface area contributed by atoms with Crippen molar-refractivity contribution in [3.8, 4) is 11.8 Å². The highest BCUT2D eigenvalue weighted by Gasteiger charge is 2.25. The summed E-state index contributed by atoms with van der Waals surface area (Å²) in [6, 6.07) is 18.3. The highest BCUT2D eigenvalue weighted by atomic mass is 35.5. The first-order valence-electron chi connectivity index (χ1n) is 11.5. The largest absolute Gasteiger partial charge is 0.368 e. The molecule has 1 aliphatic heterocycles. The Morgan fingerprint density at radius 3 is 2.41 bits per heavy atom. The number of nitrogens with zero attached hydrogens (tertiary/aromatic N) is 4. The number of aryl methyl sites for hydroxylation is 3. The van der Waals surface area contributed by atoms with Crippen molar-refractivity contribution in [2.75, 3.05) is 31.1 Å². The van der Waals surface area contributed by atoms with Crippen molar-refractivity contribution < 1.29 is 4.79 Å². The topological polar surface area (TPSA) is 52.3 Å². The van der Waals surface area contributed by atoms with Gasteiger partial charge in [0.05, 0.1) is 0 Å². The number of hydrogen-bond donors (Lipinski definition) is 0. The van der Waals surface area contributed by atoms with Crippen molar-refractivity contribution in [3.63, 3.8) is 0 Å². The van der Waals surface area contributed by atoms with Gasteiger partial charge in [-0.25, -0.2) is 0 Å². The smallest absolute Gasteiger partial charge is 0.264 e. The lowest BCUT2D eigenvalue weighted by atomic mass is 10.1. The molecule has 0 unspecified atom stereocenters. The predicted molar refractivity (Wildman–Crippen MR) is 139 cm³/mol. The molecular weight excluding hydrogens is 444 g/mol. The van der Waals surface area contributed by atoms with Gasteiger partial charge in [0.15, 0.2) is 0 Å². The summed E-state index contributed by atoms with van der Waals surface area (Å²) in [5, 5.41) is 10.5. The van der Waals surface area contributed by atoms with Gasteiger partial charge in [0.1, 0.15) is 11.6 Å². The number of benzene rings is 2. The maximum absolute atomic E-state index is 13.2. The van der Waals surface area contributed by atoms with Crippen LogP contribution in [-0.2, 0) is 4.79 Å². The van der Waals surface area contributed by atoms with E-state index < -0.39 is 0 Å². The van der Waals surface area contributed by atoms with Gasteiger partial charge in [-0.2, -0.15) is 5.26 Å². The summed E-state index contributed by atoms with van der Waals surface area (Å²) in [6.07, 6.45) is 1.73. The molecule has 0 radical (unpaired) electrons. The lowest BCUT2D eigenvalue weighted by molar-refractivity contribution is -0.126. The van der Waals surface area contributed by atoms with Gasteiger partial charge < -0.3 is 14.4 Å². The van der Waals surface area contributed by atoms with Crippen molar-refractivity contribution in [1.29, 1.82) is 5.26 Å². The Labute approximate surface area is 206 Å². The van der Waals surface area contributed by atoms with E-state index in [0.717, 1.165) is 33.9 Å². The second-order valence-corrected chi connectivity index (χ2v) is 9.32. The van der Waals surface area contributed by atoms with Crippen molar-refractivity contribution in [1.82, 2.24) is 9.47 Å². The van der Waals surface area contributed by atoms with Crippen molar-refractivity contribution in [3.05, 3.63) is 87.2 Å². The number of amides is 1. The minimum Gasteiger partial charge on any atom is -0.368 e. The van der Waals surface area contributed by atoms with Gasteiger partial charge in [-0.05, 0) is 80.8 Å². The van der Waals surface area contributed by atoms with Crippen molar-refractivity contribution in [2.45, 2.75) is 27.7 Å². The summed E-state index contributed by atoms with van der Waals surface area (Å²) in [7, 11) is 0. The number of carbonyl (C=O) groups is 1. The van der Waals surface area contributed by atoms with Crippen LogP contribution in [0.15, 0.2) is 54.1 Å². The van der Waals surface area contributed by atoms with E-state index in [4.69, 9.17) is 11.6 Å². The molecule has 2 aromatic carbocycles. The summed E-state index contributed by atoms with van der Waals surface area (Å²) in [6.45, 7) is 10.7. The monoisotopic (exact) mass is 472 g/mol. The number of halogens is 1. The maximum atomic E-state index is 13.2. The van der Waals surface area contributed by atoms with Crippen LogP contribution in [0.4, 0.5) is 5.69 Å². The van der Waals surface area contributed by atoms with E-state index in [1.807, 2.05) is 44.2 Å². The maximum Gasteiger partial charge on any atom is 0.264 e. The molecule has 2 heterocycles. The first-order chi connectivity index (χ1) is 16.3. The molecule has 1 aliphatic rings. The quantitative estimate of drug-likeness (QED) is 0.365. The molecule has 0 spiro atoms. The molecule has 1 aromatic heterocycles. The molecule has 1 fully saturated rings. The van der Waals surface area contributed by atoms with E-state index in [0.29, 0.717) is 31.2 Å². The minimum atomic E-state index is -0.217. The summed E-state index contributed by atoms with van der Waals surface area (Å²) in [5.74, 6) is -0.217. The summed E-state index contributed by atoms with van der Waals surface area (Å²) in [4.78, 5) is 17.2. The lowest BCUT2D eigenvalue weighted by Crippen LogP contribution is -2.49. The fraction of sp³-hybridized carbons (Fsp3) is 0.286. The number of hydrogen-bond acceptors (Lipinski definition) is 3. The molecule has 1 saturated heterocycles. The summed E-state index contributed by atoms with van der Waals surface area (Å²) >= 11 is 6.19. The molecule has 1 amide bonds. The van der Waals surface area contributed by atoms with E-state index in [1.165, 1.54) is 5.56 Å². The highest BCUT2D eigenvalue weighted by Crippen LogP contribution is 2.27. The van der Waals surface area contributed by atoms with E-state index in [9.17, 15) is 10.1 Å². The van der Waals surface area contributed by atoms with Crippen LogP contribution in [0.2, 0.25) is 5.02 Å². The molecule has 174 valence electrons. The Balaban J connectivity index is 1.53. The molecule has 34 heavy (non-hydrogen) atoms. The average molecular weight is 473 g/mol. The molecular formula is C28H29ClN4O. The molecule has 6 heteroatoms. The second kappa shape index (κ2) is 9.79. The van der Waals surface area contributed by atoms with Crippen LogP contribution in [0.3, 0.4) is 0 Å². The minimum absolute atomic E-state index is 0.164. The van der Waals surface area contributed by atoms with Gasteiger partial charge in [-0.3, -0.25) is 4.79 Å². The number of carbonyl (C=O) groups excluding carboxylic acids is 1. The third kappa shape index (κ3) is 4.73. The molecule has 0 bridgehead atoms. The molecule has 5 nitrogen and oxygen atoms in total. The van der Waals surface area contributed by atoms with Gasteiger partial charge in [0.2, 0.25) is 0 Å². The number of aromatic nitrogens is 1. The summed E-state index contributed by atoms with van der Waals surface area (Å²) in [5.41, 5.74) is 7.63. The van der Waals surface area contributed by atoms with Gasteiger partial charge in [0.25, 0.3) is 5.91 Å². The number of anilines is 1. The van der Waals surface area contributed by atoms with Crippen LogP contribution >= 0.6 is 11.6 Å². The van der Waals surface area contributed by atoms with Gasteiger partial charge in [-0.15, -0.1) is 0 Å². The highest BCUT2D eigenvalue weighted by molar-refractivity contribution is 6.30. The Bertz CT molecular complexity index is 1310. The van der Waals surface area contributed by atoms with Gasteiger partial charge in [0, 0.05) is 54.0 Å². The number of rotatable bonds is 4. The van der Waals surface area contributed by atoms with Crippen molar-refractivity contribution >= 4 is 29.3 Å². The first-order valence-corrected chi connectivity index (χ1v) is 11.8. The van der Waals surface area contributed by atoms with E-state index in [1.54, 1.807) is 11.0 Å².